The normalized spacial score (nSPS) is 15.9. The molecule has 0 fully saturated rings. The Morgan fingerprint density at radius 2 is 1.66 bits per heavy atom. The number of anilines is 1. The van der Waals surface area contributed by atoms with E-state index in [0.717, 1.165) is 26.6 Å². The Morgan fingerprint density at radius 3 is 2.18 bits per heavy atom. The van der Waals surface area contributed by atoms with Crippen molar-refractivity contribution in [3.63, 3.8) is 0 Å². The zero-order chi connectivity index (χ0) is 28.4. The predicted octanol–water partition coefficient (Wildman–Crippen LogP) is 4.99. The Kier molecular flexibility index (Phi) is 7.51. The fraction of sp³-hybridized carbons (Fsp3) is 0.182. The van der Waals surface area contributed by atoms with Crippen LogP contribution in [0.25, 0.3) is 0 Å². The van der Waals surface area contributed by atoms with Crippen molar-refractivity contribution in [1.82, 2.24) is 15.3 Å². The second kappa shape index (κ2) is 9.77. The monoisotopic (exact) mass is 582 g/mol. The third-order valence-electron chi connectivity index (χ3n) is 5.55. The fourth-order valence-corrected chi connectivity index (χ4v) is 4.40. The smallest absolute Gasteiger partial charge is 0.310 e. The quantitative estimate of drug-likeness (QED) is 0.219. The number of halogens is 8. The van der Waals surface area contributed by atoms with Gasteiger partial charge in [-0.15, -0.1) is 0 Å². The molecule has 1 heterocycles. The third kappa shape index (κ3) is 6.56. The standard InChI is InChI=1S/C22H19BClF7N4O2S/c23-22(15-11-32-13-33-12-15,21(37)34-9-8-14-2-1-3-16(25)10-14)35(20(36)19(24)26)17-4-6-18(7-5-17)38(27,28,29,30)31/h1-7,10-13,19H,8-9,23H2,(H,34,37)/t19-,22+/m0/s1. The van der Waals surface area contributed by atoms with Gasteiger partial charge < -0.3 is 5.32 Å². The molecule has 2 atom stereocenters. The first-order chi connectivity index (χ1) is 17.4. The van der Waals surface area contributed by atoms with Gasteiger partial charge in [-0.25, -0.2) is 18.7 Å². The molecule has 0 radical (unpaired) electrons. The van der Waals surface area contributed by atoms with Crippen LogP contribution in [-0.2, 0) is 21.4 Å². The van der Waals surface area contributed by atoms with E-state index in [9.17, 15) is 37.8 Å². The van der Waals surface area contributed by atoms with E-state index in [2.05, 4.69) is 15.3 Å². The number of carbonyl (C=O) groups excluding carboxylic acids is 2. The molecular formula is C22H19BClF7N4O2S. The number of aromatic nitrogens is 2. The van der Waals surface area contributed by atoms with E-state index in [1.807, 2.05) is 0 Å². The number of rotatable bonds is 9. The molecule has 3 rings (SSSR count). The van der Waals surface area contributed by atoms with Gasteiger partial charge in [-0.2, -0.15) is 0 Å². The lowest BCUT2D eigenvalue weighted by Crippen LogP contribution is -2.61. The maximum absolute atomic E-state index is 14.1. The Balaban J connectivity index is 2.07. The highest BCUT2D eigenvalue weighted by Crippen LogP contribution is 3.02. The van der Waals surface area contributed by atoms with Gasteiger partial charge in [0.25, 0.3) is 11.5 Å². The van der Waals surface area contributed by atoms with Crippen molar-refractivity contribution in [2.45, 2.75) is 22.4 Å². The number of nitrogens with zero attached hydrogens (tertiary/aromatic N) is 3. The summed E-state index contributed by atoms with van der Waals surface area (Å²) < 4.78 is 93.8. The lowest BCUT2D eigenvalue weighted by atomic mass is 9.70. The van der Waals surface area contributed by atoms with Gasteiger partial charge >= 0.3 is 10.2 Å². The summed E-state index contributed by atoms with van der Waals surface area (Å²) in [6, 6.07) is 6.52. The number of hydrogen-bond donors (Lipinski definition) is 1. The van der Waals surface area contributed by atoms with E-state index in [4.69, 9.17) is 11.6 Å². The van der Waals surface area contributed by atoms with Gasteiger partial charge in [0.05, 0.1) is 0 Å². The minimum absolute atomic E-state index is 0.0163. The molecule has 16 heteroatoms. The van der Waals surface area contributed by atoms with Crippen molar-refractivity contribution in [2.24, 2.45) is 0 Å². The van der Waals surface area contributed by atoms with Crippen molar-refractivity contribution in [2.75, 3.05) is 11.4 Å². The van der Waals surface area contributed by atoms with Crippen LogP contribution < -0.4 is 10.2 Å². The minimum Gasteiger partial charge on any atom is -0.354 e. The molecule has 0 bridgehead atoms. The maximum Gasteiger partial charge on any atom is 0.310 e. The molecule has 204 valence electrons. The molecule has 0 spiro atoms. The number of benzene rings is 2. The van der Waals surface area contributed by atoms with Crippen LogP contribution in [0.15, 0.2) is 72.1 Å². The van der Waals surface area contributed by atoms with Crippen LogP contribution in [-0.4, -0.2) is 41.8 Å². The molecule has 0 aliphatic rings. The lowest BCUT2D eigenvalue weighted by Gasteiger charge is -2.42. The van der Waals surface area contributed by atoms with Crippen LogP contribution >= 0.6 is 21.8 Å². The van der Waals surface area contributed by atoms with Gasteiger partial charge in [0.1, 0.15) is 22.5 Å². The molecule has 0 aliphatic heterocycles. The predicted molar refractivity (Wildman–Crippen MR) is 131 cm³/mol. The molecule has 6 nitrogen and oxygen atoms in total. The average Bonchev–Trinajstić information content (AvgIpc) is 2.83. The van der Waals surface area contributed by atoms with E-state index in [-0.39, 0.29) is 30.7 Å². The van der Waals surface area contributed by atoms with E-state index < -0.39 is 49.5 Å². The number of amides is 2. The molecule has 1 aromatic heterocycles. The van der Waals surface area contributed by atoms with Gasteiger partial charge in [-0.1, -0.05) is 43.2 Å². The summed E-state index contributed by atoms with van der Waals surface area (Å²) in [5.74, 6) is -3.05. The van der Waals surface area contributed by atoms with Crippen molar-refractivity contribution < 1.29 is 37.8 Å². The largest absolute Gasteiger partial charge is 0.354 e. The number of alkyl halides is 2. The maximum atomic E-state index is 14.1. The first kappa shape index (κ1) is 29.2. The van der Waals surface area contributed by atoms with Crippen LogP contribution in [0.3, 0.4) is 0 Å². The van der Waals surface area contributed by atoms with Crippen LogP contribution in [0.2, 0.25) is 0 Å². The summed E-state index contributed by atoms with van der Waals surface area (Å²) in [5, 5.41) is 2.51. The molecular weight excluding hydrogens is 564 g/mol. The molecule has 0 saturated heterocycles. The number of carbonyl (C=O) groups is 2. The molecule has 38 heavy (non-hydrogen) atoms. The van der Waals surface area contributed by atoms with Gasteiger partial charge in [0, 0.05) is 30.2 Å². The van der Waals surface area contributed by atoms with Crippen LogP contribution in [0, 0.1) is 5.82 Å². The van der Waals surface area contributed by atoms with Crippen LogP contribution in [0.4, 0.5) is 33.9 Å². The summed E-state index contributed by atoms with van der Waals surface area (Å²) in [5.41, 5.74) is -5.13. The number of hydrogen-bond acceptors (Lipinski definition) is 4. The van der Waals surface area contributed by atoms with Crippen LogP contribution in [0.1, 0.15) is 11.1 Å². The highest BCUT2D eigenvalue weighted by atomic mass is 35.5. The van der Waals surface area contributed by atoms with Gasteiger partial charge in [-0.05, 0) is 48.4 Å². The minimum atomic E-state index is -10.1. The van der Waals surface area contributed by atoms with Crippen molar-refractivity contribution in [1.29, 1.82) is 0 Å². The second-order valence-corrected chi connectivity index (χ2v) is 11.1. The van der Waals surface area contributed by atoms with Crippen LogP contribution in [0.5, 0.6) is 0 Å². The first-order valence-corrected chi connectivity index (χ1v) is 13.1. The Labute approximate surface area is 218 Å². The Bertz CT molecular complexity index is 1340. The zero-order valence-corrected chi connectivity index (χ0v) is 21.0. The molecule has 0 aliphatic carbocycles. The van der Waals surface area contributed by atoms with Crippen molar-refractivity contribution >= 4 is 47.2 Å². The van der Waals surface area contributed by atoms with Crippen molar-refractivity contribution in [3.05, 3.63) is 84.2 Å². The highest BCUT2D eigenvalue weighted by molar-refractivity contribution is 8.45. The zero-order valence-electron chi connectivity index (χ0n) is 19.4. The third-order valence-corrected chi connectivity index (χ3v) is 6.90. The van der Waals surface area contributed by atoms with Crippen molar-refractivity contribution in [3.8, 4) is 0 Å². The first-order valence-electron chi connectivity index (χ1n) is 10.7. The van der Waals surface area contributed by atoms with E-state index in [1.54, 1.807) is 6.07 Å². The number of nitrogens with one attached hydrogen (secondary N) is 1. The average molecular weight is 583 g/mol. The Morgan fingerprint density at radius 1 is 1.05 bits per heavy atom. The second-order valence-electron chi connectivity index (χ2n) is 8.27. The molecule has 1 N–H and O–H groups in total. The molecule has 2 aromatic carbocycles. The molecule has 0 saturated carbocycles. The summed E-state index contributed by atoms with van der Waals surface area (Å²) in [6.45, 7) is -0.101. The van der Waals surface area contributed by atoms with Gasteiger partial charge in [0.2, 0.25) is 5.91 Å². The van der Waals surface area contributed by atoms with Gasteiger partial charge in [0.15, 0.2) is 7.85 Å². The summed E-state index contributed by atoms with van der Waals surface area (Å²) in [4.78, 5) is 32.1. The molecule has 2 amide bonds. The van der Waals surface area contributed by atoms with Gasteiger partial charge in [-0.3, -0.25) is 14.5 Å². The van der Waals surface area contributed by atoms with E-state index in [1.165, 1.54) is 18.2 Å². The topological polar surface area (TPSA) is 75.2 Å². The SMILES string of the molecule is B[C@](C(=O)NCCc1cccc(F)c1)(c1cncnc1)N(C(=O)[C@H](F)Cl)c1ccc(S(F)(F)(F)(F)F)cc1. The summed E-state index contributed by atoms with van der Waals surface area (Å²) >= 11 is 5.37. The highest BCUT2D eigenvalue weighted by Gasteiger charge is 2.65. The molecule has 3 aromatic rings. The van der Waals surface area contributed by atoms with E-state index in [0.29, 0.717) is 22.6 Å². The fourth-order valence-electron chi connectivity index (χ4n) is 3.65. The summed E-state index contributed by atoms with van der Waals surface area (Å²) in [7, 11) is -8.95. The summed E-state index contributed by atoms with van der Waals surface area (Å²) in [6.07, 6.45) is 3.42. The lowest BCUT2D eigenvalue weighted by molar-refractivity contribution is -0.129. The van der Waals surface area contributed by atoms with E-state index >= 15 is 0 Å². The Hall–Kier alpha value is -3.33. The molecule has 0 unspecified atom stereocenters.